The van der Waals surface area contributed by atoms with Crippen LogP contribution >= 0.6 is 22.7 Å². The summed E-state index contributed by atoms with van der Waals surface area (Å²) in [5, 5.41) is 0. The fourth-order valence-electron chi connectivity index (χ4n) is 4.22. The van der Waals surface area contributed by atoms with Crippen LogP contribution in [-0.4, -0.2) is 76.8 Å². The van der Waals surface area contributed by atoms with Crippen molar-refractivity contribution >= 4 is 34.5 Å². The average Bonchev–Trinajstić information content (AvgIpc) is 3.50. The van der Waals surface area contributed by atoms with E-state index in [4.69, 9.17) is 0 Å². The monoisotopic (exact) mass is 506 g/mol. The Morgan fingerprint density at radius 3 is 2.21 bits per heavy atom. The molecular weight excluding hydrogens is 485 g/mol. The van der Waals surface area contributed by atoms with Crippen LogP contribution in [0.25, 0.3) is 10.4 Å². The first-order valence-electron chi connectivity index (χ1n) is 10.8. The topological polar surface area (TPSA) is 56.8 Å². The fraction of sp³-hybridized carbons (Fsp3) is 0.348. The molecule has 0 radical (unpaired) electrons. The summed E-state index contributed by atoms with van der Waals surface area (Å²) in [6.45, 7) is 4.11. The van der Waals surface area contributed by atoms with Crippen LogP contribution in [0.3, 0.4) is 0 Å². The molecule has 34 heavy (non-hydrogen) atoms. The van der Waals surface area contributed by atoms with Crippen molar-refractivity contribution in [1.29, 1.82) is 0 Å². The van der Waals surface area contributed by atoms with Crippen molar-refractivity contribution < 1.29 is 22.8 Å². The lowest BCUT2D eigenvalue weighted by Gasteiger charge is -2.48. The van der Waals surface area contributed by atoms with Crippen molar-refractivity contribution in [3.63, 3.8) is 0 Å². The number of hydrogen-bond acceptors (Lipinski definition) is 6. The van der Waals surface area contributed by atoms with Crippen molar-refractivity contribution in [1.82, 2.24) is 19.7 Å². The van der Waals surface area contributed by atoms with E-state index in [1.165, 1.54) is 17.4 Å². The Morgan fingerprint density at radius 2 is 1.62 bits per heavy atom. The Kier molecular flexibility index (Phi) is 6.17. The van der Waals surface area contributed by atoms with Gasteiger partial charge in [0.2, 0.25) is 0 Å². The van der Waals surface area contributed by atoms with E-state index in [-0.39, 0.29) is 17.9 Å². The largest absolute Gasteiger partial charge is 0.425 e. The predicted octanol–water partition coefficient (Wildman–Crippen LogP) is 4.17. The maximum absolute atomic E-state index is 12.8. The van der Waals surface area contributed by atoms with Gasteiger partial charge in [0.1, 0.15) is 9.75 Å². The molecule has 2 saturated heterocycles. The van der Waals surface area contributed by atoms with Crippen LogP contribution in [0.1, 0.15) is 24.9 Å². The van der Waals surface area contributed by atoms with Crippen molar-refractivity contribution in [2.75, 3.05) is 39.3 Å². The molecule has 1 aromatic carbocycles. The van der Waals surface area contributed by atoms with E-state index in [2.05, 4.69) is 9.88 Å². The zero-order valence-corrected chi connectivity index (χ0v) is 19.6. The molecule has 2 amide bonds. The summed E-state index contributed by atoms with van der Waals surface area (Å²) in [5.74, 6) is -0.0582. The second-order valence-corrected chi connectivity index (χ2v) is 10.3. The molecule has 2 aromatic heterocycles. The van der Waals surface area contributed by atoms with Gasteiger partial charge in [0, 0.05) is 55.8 Å². The molecule has 5 rings (SSSR count). The van der Waals surface area contributed by atoms with Crippen molar-refractivity contribution in [2.45, 2.75) is 12.2 Å². The number of thiazole rings is 1. The van der Waals surface area contributed by atoms with Gasteiger partial charge in [0.05, 0.1) is 11.7 Å². The number of halogens is 3. The molecule has 2 aliphatic rings. The molecule has 0 spiro atoms. The molecular formula is C23H21F3N4O2S2. The van der Waals surface area contributed by atoms with Gasteiger partial charge in [0.15, 0.2) is 0 Å². The lowest BCUT2D eigenvalue weighted by Crippen LogP contribution is -2.64. The third-order valence-corrected chi connectivity index (χ3v) is 8.15. The van der Waals surface area contributed by atoms with Gasteiger partial charge in [-0.25, -0.2) is 0 Å². The summed E-state index contributed by atoms with van der Waals surface area (Å²) in [4.78, 5) is 35.7. The van der Waals surface area contributed by atoms with Crippen LogP contribution in [-0.2, 0) is 6.18 Å². The Labute approximate surface area is 202 Å². The predicted molar refractivity (Wildman–Crippen MR) is 124 cm³/mol. The lowest BCUT2D eigenvalue weighted by molar-refractivity contribution is -0.134. The second kappa shape index (κ2) is 9.12. The van der Waals surface area contributed by atoms with Crippen LogP contribution in [0, 0.1) is 0 Å². The molecule has 0 saturated carbocycles. The maximum atomic E-state index is 12.8. The molecule has 2 fully saturated rings. The fourth-order valence-corrected chi connectivity index (χ4v) is 5.69. The first-order chi connectivity index (χ1) is 16.3. The highest BCUT2D eigenvalue weighted by molar-refractivity contribution is 7.15. The number of piperazine rings is 1. The quantitative estimate of drug-likeness (QED) is 0.533. The number of aromatic nitrogens is 1. The van der Waals surface area contributed by atoms with Crippen molar-refractivity contribution in [2.24, 2.45) is 0 Å². The van der Waals surface area contributed by atoms with E-state index in [1.54, 1.807) is 40.9 Å². The molecule has 6 nitrogen and oxygen atoms in total. The minimum absolute atomic E-state index is 0.0215. The maximum Gasteiger partial charge on any atom is 0.425 e. The molecule has 0 unspecified atom stereocenters. The number of hydrogen-bond donors (Lipinski definition) is 0. The molecule has 4 heterocycles. The van der Waals surface area contributed by atoms with Gasteiger partial charge >= 0.3 is 6.18 Å². The second-order valence-electron chi connectivity index (χ2n) is 8.30. The van der Waals surface area contributed by atoms with Crippen molar-refractivity contribution in [3.05, 3.63) is 63.4 Å². The summed E-state index contributed by atoms with van der Waals surface area (Å²) >= 11 is 2.04. The number of likely N-dealkylation sites (tertiary alicyclic amines) is 1. The summed E-state index contributed by atoms with van der Waals surface area (Å²) in [5.41, 5.74) is 2.84. The minimum Gasteiger partial charge on any atom is -0.335 e. The number of thiophene rings is 1. The highest BCUT2D eigenvalue weighted by atomic mass is 32.1. The molecule has 11 heteroatoms. The van der Waals surface area contributed by atoms with Crippen LogP contribution in [0.4, 0.5) is 13.2 Å². The summed E-state index contributed by atoms with van der Waals surface area (Å²) in [7, 11) is 0. The molecule has 3 aromatic rings. The molecule has 0 aliphatic carbocycles. The molecule has 0 bridgehead atoms. The number of carbonyl (C=O) groups is 2. The Hall–Kier alpha value is -2.76. The first-order valence-corrected chi connectivity index (χ1v) is 12.5. The number of rotatable bonds is 4. The lowest BCUT2D eigenvalue weighted by atomic mass is 10.0. The number of amides is 2. The number of carbonyl (C=O) groups excluding carboxylic acids is 2. The van der Waals surface area contributed by atoms with Crippen LogP contribution in [0.5, 0.6) is 0 Å². The third kappa shape index (κ3) is 4.59. The Balaban J connectivity index is 1.12. The van der Waals surface area contributed by atoms with E-state index < -0.39 is 11.1 Å². The SMILES string of the molecule is O=C(c1ccc(-c2ccc(C(F)(F)F)s2)cc1)N1CC(N2CCN(C(=O)c3cncs3)CC2)C1. The van der Waals surface area contributed by atoms with Gasteiger partial charge in [-0.05, 0) is 29.8 Å². The van der Waals surface area contributed by atoms with E-state index >= 15 is 0 Å². The van der Waals surface area contributed by atoms with Crippen LogP contribution in [0.15, 0.2) is 48.1 Å². The van der Waals surface area contributed by atoms with Crippen LogP contribution < -0.4 is 0 Å². The summed E-state index contributed by atoms with van der Waals surface area (Å²) < 4.78 is 38.5. The first kappa shape index (κ1) is 23.0. The van der Waals surface area contributed by atoms with Gasteiger partial charge in [-0.3, -0.25) is 19.5 Å². The van der Waals surface area contributed by atoms with Crippen molar-refractivity contribution in [3.8, 4) is 10.4 Å². The number of benzene rings is 1. The summed E-state index contributed by atoms with van der Waals surface area (Å²) in [6.07, 6.45) is -2.75. The van der Waals surface area contributed by atoms with Gasteiger partial charge in [-0.1, -0.05) is 12.1 Å². The number of nitrogens with zero attached hydrogens (tertiary/aromatic N) is 4. The Morgan fingerprint density at radius 1 is 0.912 bits per heavy atom. The van der Waals surface area contributed by atoms with Crippen LogP contribution in [0.2, 0.25) is 0 Å². The van der Waals surface area contributed by atoms with E-state index in [0.717, 1.165) is 19.2 Å². The molecule has 0 atom stereocenters. The number of alkyl halides is 3. The highest BCUT2D eigenvalue weighted by Crippen LogP contribution is 2.38. The van der Waals surface area contributed by atoms with E-state index in [1.807, 2.05) is 4.90 Å². The van der Waals surface area contributed by atoms with Gasteiger partial charge in [0.25, 0.3) is 11.8 Å². The van der Waals surface area contributed by atoms with Gasteiger partial charge in [-0.2, -0.15) is 13.2 Å². The zero-order valence-electron chi connectivity index (χ0n) is 18.0. The minimum atomic E-state index is -4.35. The molecule has 2 aliphatic heterocycles. The van der Waals surface area contributed by atoms with Gasteiger partial charge < -0.3 is 9.80 Å². The molecule has 0 N–H and O–H groups in total. The smallest absolute Gasteiger partial charge is 0.335 e. The van der Waals surface area contributed by atoms with Gasteiger partial charge in [-0.15, -0.1) is 22.7 Å². The standard InChI is InChI=1S/C23H21F3N4O2S2/c24-23(25,26)20-6-5-18(34-20)15-1-3-16(4-2-15)21(31)30-12-17(13-30)28-7-9-29(10-8-28)22(32)19-11-27-14-33-19/h1-6,11,14,17H,7-10,12-13H2. The highest BCUT2D eigenvalue weighted by Gasteiger charge is 2.37. The normalized spacial score (nSPS) is 17.6. The Bertz CT molecular complexity index is 1160. The molecule has 178 valence electrons. The summed E-state index contributed by atoms with van der Waals surface area (Å²) in [6, 6.07) is 9.52. The zero-order chi connectivity index (χ0) is 23.9. The van der Waals surface area contributed by atoms with E-state index in [0.29, 0.717) is 58.4 Å². The van der Waals surface area contributed by atoms with E-state index in [9.17, 15) is 22.8 Å². The average molecular weight is 507 g/mol. The third-order valence-electron chi connectivity index (χ3n) is 6.21.